The standard InChI is InChI=1S/C11H19N5/c1-5-15-6-2-10(1)11(9-15)12-3-7-16-8-4-13-14-16/h4,8,10-12H,1-3,5-7,9H2. The molecule has 1 atom stereocenters. The Kier molecular flexibility index (Phi) is 2.88. The SMILES string of the molecule is c1cn(CCNC2CN3CCC2CC3)nn1. The topological polar surface area (TPSA) is 46.0 Å². The average Bonchev–Trinajstić information content (AvgIpc) is 2.84. The van der Waals surface area contributed by atoms with Crippen molar-refractivity contribution in [2.75, 3.05) is 26.2 Å². The minimum atomic E-state index is 0.700. The summed E-state index contributed by atoms with van der Waals surface area (Å²) in [6.45, 7) is 5.78. The third kappa shape index (κ3) is 2.10. The summed E-state index contributed by atoms with van der Waals surface area (Å²) >= 11 is 0. The normalized spacial score (nSPS) is 33.1. The zero-order chi connectivity index (χ0) is 10.8. The minimum absolute atomic E-state index is 0.700. The van der Waals surface area contributed by atoms with Crippen LogP contribution in [-0.2, 0) is 6.54 Å². The van der Waals surface area contributed by atoms with E-state index in [-0.39, 0.29) is 0 Å². The van der Waals surface area contributed by atoms with Crippen LogP contribution in [0, 0.1) is 5.92 Å². The molecule has 5 heteroatoms. The van der Waals surface area contributed by atoms with Gasteiger partial charge in [-0.1, -0.05) is 5.21 Å². The van der Waals surface area contributed by atoms with E-state index in [4.69, 9.17) is 0 Å². The summed E-state index contributed by atoms with van der Waals surface area (Å²) in [5.41, 5.74) is 0. The molecule has 4 heterocycles. The van der Waals surface area contributed by atoms with Crippen LogP contribution in [0.15, 0.2) is 12.4 Å². The first-order valence-corrected chi connectivity index (χ1v) is 6.21. The van der Waals surface area contributed by atoms with Gasteiger partial charge in [-0.3, -0.25) is 4.68 Å². The number of fused-ring (bicyclic) bond motifs is 3. The summed E-state index contributed by atoms with van der Waals surface area (Å²) in [5, 5.41) is 11.4. The van der Waals surface area contributed by atoms with Crippen LogP contribution >= 0.6 is 0 Å². The summed E-state index contributed by atoms with van der Waals surface area (Å²) in [4.78, 5) is 2.58. The molecule has 0 aliphatic carbocycles. The van der Waals surface area contributed by atoms with Crippen molar-refractivity contribution in [1.82, 2.24) is 25.2 Å². The number of nitrogens with zero attached hydrogens (tertiary/aromatic N) is 4. The van der Waals surface area contributed by atoms with Crippen LogP contribution in [0.5, 0.6) is 0 Å². The highest BCUT2D eigenvalue weighted by atomic mass is 15.4. The van der Waals surface area contributed by atoms with Crippen LogP contribution in [0.3, 0.4) is 0 Å². The van der Waals surface area contributed by atoms with Gasteiger partial charge in [-0.2, -0.15) is 0 Å². The van der Waals surface area contributed by atoms with Crippen molar-refractivity contribution in [2.24, 2.45) is 5.92 Å². The summed E-state index contributed by atoms with van der Waals surface area (Å²) in [6, 6.07) is 0.700. The molecule has 1 unspecified atom stereocenters. The molecule has 3 fully saturated rings. The maximum atomic E-state index is 3.96. The van der Waals surface area contributed by atoms with Crippen LogP contribution in [0.25, 0.3) is 0 Å². The molecule has 3 aliphatic heterocycles. The van der Waals surface area contributed by atoms with E-state index in [1.165, 1.54) is 32.5 Å². The van der Waals surface area contributed by atoms with E-state index < -0.39 is 0 Å². The third-order valence-electron chi connectivity index (χ3n) is 3.88. The first-order chi connectivity index (χ1) is 7.92. The minimum Gasteiger partial charge on any atom is -0.311 e. The van der Waals surface area contributed by atoms with Crippen molar-refractivity contribution < 1.29 is 0 Å². The Bertz CT molecular complexity index is 315. The van der Waals surface area contributed by atoms with Crippen molar-refractivity contribution in [2.45, 2.75) is 25.4 Å². The Balaban J connectivity index is 1.45. The van der Waals surface area contributed by atoms with E-state index in [1.807, 2.05) is 10.9 Å². The molecule has 0 radical (unpaired) electrons. The largest absolute Gasteiger partial charge is 0.311 e. The zero-order valence-corrected chi connectivity index (χ0v) is 9.55. The van der Waals surface area contributed by atoms with Gasteiger partial charge in [-0.25, -0.2) is 0 Å². The van der Waals surface area contributed by atoms with Crippen molar-refractivity contribution in [3.05, 3.63) is 12.4 Å². The van der Waals surface area contributed by atoms with E-state index in [2.05, 4.69) is 20.5 Å². The molecule has 5 nitrogen and oxygen atoms in total. The Morgan fingerprint density at radius 2 is 2.19 bits per heavy atom. The molecule has 2 bridgehead atoms. The lowest BCUT2D eigenvalue weighted by Crippen LogP contribution is -2.56. The Labute approximate surface area is 95.8 Å². The van der Waals surface area contributed by atoms with Gasteiger partial charge in [0, 0.05) is 25.3 Å². The number of aromatic nitrogens is 3. The van der Waals surface area contributed by atoms with Crippen molar-refractivity contribution in [1.29, 1.82) is 0 Å². The lowest BCUT2D eigenvalue weighted by atomic mass is 9.84. The third-order valence-corrected chi connectivity index (χ3v) is 3.88. The number of hydrogen-bond donors (Lipinski definition) is 1. The first-order valence-electron chi connectivity index (χ1n) is 6.21. The number of nitrogens with one attached hydrogen (secondary N) is 1. The maximum Gasteiger partial charge on any atom is 0.0692 e. The van der Waals surface area contributed by atoms with E-state index in [0.29, 0.717) is 6.04 Å². The Morgan fingerprint density at radius 3 is 2.81 bits per heavy atom. The maximum absolute atomic E-state index is 3.96. The fourth-order valence-electron chi connectivity index (χ4n) is 2.91. The van der Waals surface area contributed by atoms with Crippen molar-refractivity contribution in [3.8, 4) is 0 Å². The highest BCUT2D eigenvalue weighted by Crippen LogP contribution is 2.27. The lowest BCUT2D eigenvalue weighted by Gasteiger charge is -2.45. The number of hydrogen-bond acceptors (Lipinski definition) is 4. The Morgan fingerprint density at radius 1 is 1.31 bits per heavy atom. The van der Waals surface area contributed by atoms with Gasteiger partial charge in [0.2, 0.25) is 0 Å². The molecule has 16 heavy (non-hydrogen) atoms. The summed E-state index contributed by atoms with van der Waals surface area (Å²) in [7, 11) is 0. The highest BCUT2D eigenvalue weighted by molar-refractivity contribution is 4.90. The smallest absolute Gasteiger partial charge is 0.0692 e. The molecule has 4 rings (SSSR count). The van der Waals surface area contributed by atoms with E-state index >= 15 is 0 Å². The summed E-state index contributed by atoms with van der Waals surface area (Å²) in [6.07, 6.45) is 6.40. The van der Waals surface area contributed by atoms with Gasteiger partial charge in [0.1, 0.15) is 0 Å². The highest BCUT2D eigenvalue weighted by Gasteiger charge is 2.33. The molecular formula is C11H19N5. The quantitative estimate of drug-likeness (QED) is 0.775. The van der Waals surface area contributed by atoms with Crippen LogP contribution in [-0.4, -0.2) is 52.1 Å². The lowest BCUT2D eigenvalue weighted by molar-refractivity contribution is 0.0723. The first kappa shape index (κ1) is 10.2. The molecule has 0 amide bonds. The molecule has 0 aromatic carbocycles. The molecule has 1 aromatic heterocycles. The van der Waals surface area contributed by atoms with Gasteiger partial charge in [0.15, 0.2) is 0 Å². The molecule has 0 spiro atoms. The van der Waals surface area contributed by atoms with E-state index in [0.717, 1.165) is 19.0 Å². The Hall–Kier alpha value is -0.940. The fraction of sp³-hybridized carbons (Fsp3) is 0.818. The fourth-order valence-corrected chi connectivity index (χ4v) is 2.91. The van der Waals surface area contributed by atoms with Gasteiger partial charge < -0.3 is 10.2 Å². The van der Waals surface area contributed by atoms with Gasteiger partial charge in [0.25, 0.3) is 0 Å². The second-order valence-electron chi connectivity index (χ2n) is 4.86. The molecule has 1 N–H and O–H groups in total. The number of piperidine rings is 3. The van der Waals surface area contributed by atoms with Crippen LogP contribution in [0.2, 0.25) is 0 Å². The van der Waals surface area contributed by atoms with Crippen LogP contribution < -0.4 is 5.32 Å². The van der Waals surface area contributed by atoms with Gasteiger partial charge in [0.05, 0.1) is 12.7 Å². The van der Waals surface area contributed by atoms with Crippen LogP contribution in [0.4, 0.5) is 0 Å². The molecule has 3 aliphatic rings. The summed E-state index contributed by atoms with van der Waals surface area (Å²) in [5.74, 6) is 0.903. The molecule has 88 valence electrons. The second-order valence-corrected chi connectivity index (χ2v) is 4.86. The predicted molar refractivity (Wildman–Crippen MR) is 61.0 cm³/mol. The van der Waals surface area contributed by atoms with Crippen molar-refractivity contribution >= 4 is 0 Å². The second kappa shape index (κ2) is 4.51. The summed E-state index contributed by atoms with van der Waals surface area (Å²) < 4.78 is 1.88. The zero-order valence-electron chi connectivity index (χ0n) is 9.55. The van der Waals surface area contributed by atoms with Gasteiger partial charge >= 0.3 is 0 Å². The number of rotatable bonds is 4. The predicted octanol–water partition coefficient (Wildman–Crippen LogP) is -0.0381. The average molecular weight is 221 g/mol. The van der Waals surface area contributed by atoms with E-state index in [9.17, 15) is 0 Å². The van der Waals surface area contributed by atoms with Gasteiger partial charge in [-0.05, 0) is 31.8 Å². The van der Waals surface area contributed by atoms with Crippen molar-refractivity contribution in [3.63, 3.8) is 0 Å². The monoisotopic (exact) mass is 221 g/mol. The molecular weight excluding hydrogens is 202 g/mol. The molecule has 1 aromatic rings. The van der Waals surface area contributed by atoms with E-state index in [1.54, 1.807) is 6.20 Å². The van der Waals surface area contributed by atoms with Gasteiger partial charge in [-0.15, -0.1) is 5.10 Å². The van der Waals surface area contributed by atoms with Crippen LogP contribution in [0.1, 0.15) is 12.8 Å². The molecule has 0 saturated carbocycles. The molecule has 3 saturated heterocycles.